The second-order valence-corrected chi connectivity index (χ2v) is 5.12. The van der Waals surface area contributed by atoms with Crippen LogP contribution in [0.5, 0.6) is 0 Å². The van der Waals surface area contributed by atoms with Gasteiger partial charge in [0.25, 0.3) is 0 Å². The first kappa shape index (κ1) is 15.0. The van der Waals surface area contributed by atoms with Gasteiger partial charge in [0.05, 0.1) is 0 Å². The van der Waals surface area contributed by atoms with Gasteiger partial charge in [-0.25, -0.2) is 0 Å². The monoisotopic (exact) mass is 223 g/mol. The third-order valence-electron chi connectivity index (χ3n) is 1.80. The Kier molecular flexibility index (Phi) is 7.69. The van der Waals surface area contributed by atoms with Crippen LogP contribution in [0.3, 0.4) is 0 Å². The Balaban J connectivity index is 3.73. The highest BCUT2D eigenvalue weighted by molar-refractivity contribution is 5.65. The van der Waals surface area contributed by atoms with Crippen LogP contribution >= 0.6 is 0 Å². The summed E-state index contributed by atoms with van der Waals surface area (Å²) >= 11 is 0. The van der Waals surface area contributed by atoms with Crippen LogP contribution in [-0.4, -0.2) is 38.8 Å². The molecule has 0 saturated heterocycles. The quantitative estimate of drug-likeness (QED) is 0.490. The summed E-state index contributed by atoms with van der Waals surface area (Å²) in [4.78, 5) is 12.7. The van der Waals surface area contributed by atoms with Crippen LogP contribution in [0.1, 0.15) is 34.1 Å². The molecule has 0 aliphatic rings. The van der Waals surface area contributed by atoms with Crippen LogP contribution < -0.4 is 0 Å². The van der Waals surface area contributed by atoms with Gasteiger partial charge in [-0.1, -0.05) is 27.7 Å². The van der Waals surface area contributed by atoms with Crippen LogP contribution in [0.25, 0.3) is 0 Å². The van der Waals surface area contributed by atoms with Gasteiger partial charge in [-0.3, -0.25) is 9.98 Å². The van der Waals surface area contributed by atoms with Crippen LogP contribution in [0.4, 0.5) is 0 Å². The van der Waals surface area contributed by atoms with Crippen molar-refractivity contribution in [1.29, 1.82) is 0 Å². The van der Waals surface area contributed by atoms with Crippen molar-refractivity contribution in [1.82, 2.24) is 0 Å². The van der Waals surface area contributed by atoms with E-state index in [1.165, 1.54) is 0 Å². The molecule has 0 aromatic heterocycles. The van der Waals surface area contributed by atoms with Crippen LogP contribution in [0, 0.1) is 11.3 Å². The minimum Gasteiger partial charge on any atom is -0.301 e. The van der Waals surface area contributed by atoms with E-state index >= 15 is 0 Å². The second kappa shape index (κ2) is 8.20. The lowest BCUT2D eigenvalue weighted by Gasteiger charge is -2.10. The van der Waals surface area contributed by atoms with E-state index < -0.39 is 0 Å². The standard InChI is InChI=1S/C13H25N3/c1-12(9-15-8-6-7-14-5)10-16-11-13(2,3)4/h7,9,11-12H,6,8,10H2,1-5H3. The molecule has 0 saturated carbocycles. The van der Waals surface area contributed by atoms with Crippen LogP contribution in [0.15, 0.2) is 15.0 Å². The van der Waals surface area contributed by atoms with Crippen molar-refractivity contribution in [2.75, 3.05) is 20.1 Å². The number of nitrogens with zero attached hydrogens (tertiary/aromatic N) is 3. The SMILES string of the molecule is CN=CCCN=CC(C)CN=CC(C)(C)C. The molecular formula is C13H25N3. The third-order valence-corrected chi connectivity index (χ3v) is 1.80. The van der Waals surface area contributed by atoms with E-state index in [1.807, 2.05) is 18.6 Å². The molecule has 0 heterocycles. The fraction of sp³-hybridized carbons (Fsp3) is 0.769. The highest BCUT2D eigenvalue weighted by Gasteiger charge is 2.04. The molecule has 3 nitrogen and oxygen atoms in total. The normalized spacial score (nSPS) is 15.6. The Bertz CT molecular complexity index is 246. The van der Waals surface area contributed by atoms with Gasteiger partial charge in [0, 0.05) is 51.1 Å². The molecule has 0 spiro atoms. The molecule has 0 amide bonds. The fourth-order valence-corrected chi connectivity index (χ4v) is 1.06. The lowest BCUT2D eigenvalue weighted by atomic mass is 9.99. The first-order chi connectivity index (χ1) is 7.45. The summed E-state index contributed by atoms with van der Waals surface area (Å²) < 4.78 is 0. The van der Waals surface area contributed by atoms with E-state index in [-0.39, 0.29) is 5.41 Å². The predicted molar refractivity (Wildman–Crippen MR) is 74.4 cm³/mol. The van der Waals surface area contributed by atoms with Gasteiger partial charge in [0.1, 0.15) is 0 Å². The Morgan fingerprint density at radius 3 is 2.44 bits per heavy atom. The molecule has 0 fully saturated rings. The average Bonchev–Trinajstić information content (AvgIpc) is 2.15. The fourth-order valence-electron chi connectivity index (χ4n) is 1.06. The Labute approximate surface area is 99.8 Å². The summed E-state index contributed by atoms with van der Waals surface area (Å²) in [5, 5.41) is 0. The van der Waals surface area contributed by atoms with Crippen molar-refractivity contribution in [3.05, 3.63) is 0 Å². The third kappa shape index (κ3) is 11.1. The summed E-state index contributed by atoms with van der Waals surface area (Å²) in [5.74, 6) is 0.414. The number of aliphatic imine (C=N–C) groups is 3. The van der Waals surface area contributed by atoms with Gasteiger partial charge < -0.3 is 4.99 Å². The van der Waals surface area contributed by atoms with Gasteiger partial charge in [-0.05, 0) is 5.41 Å². The largest absolute Gasteiger partial charge is 0.301 e. The maximum atomic E-state index is 4.42. The molecule has 1 atom stereocenters. The zero-order valence-electron chi connectivity index (χ0n) is 11.3. The topological polar surface area (TPSA) is 37.1 Å². The number of rotatable bonds is 6. The molecule has 1 unspecified atom stereocenters. The van der Waals surface area contributed by atoms with E-state index in [9.17, 15) is 0 Å². The molecule has 0 radical (unpaired) electrons. The lowest BCUT2D eigenvalue weighted by Crippen LogP contribution is -2.09. The molecule has 0 aromatic rings. The molecule has 0 N–H and O–H groups in total. The summed E-state index contributed by atoms with van der Waals surface area (Å²) in [5.41, 5.74) is 0.175. The summed E-state index contributed by atoms with van der Waals surface area (Å²) in [7, 11) is 1.79. The van der Waals surface area contributed by atoms with Crippen molar-refractivity contribution in [2.24, 2.45) is 26.3 Å². The average molecular weight is 223 g/mol. The molecule has 0 aliphatic heterocycles. The van der Waals surface area contributed by atoms with Gasteiger partial charge in [-0.15, -0.1) is 0 Å². The van der Waals surface area contributed by atoms with Gasteiger partial charge in [-0.2, -0.15) is 0 Å². The van der Waals surface area contributed by atoms with E-state index in [2.05, 4.69) is 42.7 Å². The van der Waals surface area contributed by atoms with Gasteiger partial charge >= 0.3 is 0 Å². The molecule has 0 aromatic carbocycles. The van der Waals surface area contributed by atoms with E-state index in [0.717, 1.165) is 19.5 Å². The molecule has 0 aliphatic carbocycles. The zero-order chi connectivity index (χ0) is 12.4. The molecule has 0 bridgehead atoms. The van der Waals surface area contributed by atoms with Crippen molar-refractivity contribution < 1.29 is 0 Å². The summed E-state index contributed by atoms with van der Waals surface area (Å²) in [6, 6.07) is 0. The van der Waals surface area contributed by atoms with Gasteiger partial charge in [0.15, 0.2) is 0 Å². The minimum absolute atomic E-state index is 0.175. The van der Waals surface area contributed by atoms with E-state index in [1.54, 1.807) is 7.05 Å². The highest BCUT2D eigenvalue weighted by atomic mass is 14.8. The molecule has 0 rings (SSSR count). The Morgan fingerprint density at radius 2 is 1.88 bits per heavy atom. The molecule has 3 heteroatoms. The molecule has 92 valence electrons. The minimum atomic E-state index is 0.175. The Morgan fingerprint density at radius 1 is 1.19 bits per heavy atom. The van der Waals surface area contributed by atoms with E-state index in [0.29, 0.717) is 5.92 Å². The summed E-state index contributed by atoms with van der Waals surface area (Å²) in [6.07, 6.45) is 6.81. The smallest absolute Gasteiger partial charge is 0.0460 e. The zero-order valence-corrected chi connectivity index (χ0v) is 11.3. The first-order valence-corrected chi connectivity index (χ1v) is 5.87. The second-order valence-electron chi connectivity index (χ2n) is 5.12. The Hall–Kier alpha value is -0.990. The first-order valence-electron chi connectivity index (χ1n) is 5.87. The van der Waals surface area contributed by atoms with Gasteiger partial charge in [0.2, 0.25) is 0 Å². The van der Waals surface area contributed by atoms with Crippen molar-refractivity contribution in [2.45, 2.75) is 34.1 Å². The van der Waals surface area contributed by atoms with Crippen molar-refractivity contribution >= 4 is 18.6 Å². The molecule has 16 heavy (non-hydrogen) atoms. The number of hydrogen-bond donors (Lipinski definition) is 0. The summed E-state index contributed by atoms with van der Waals surface area (Å²) in [6.45, 7) is 10.2. The number of hydrogen-bond acceptors (Lipinski definition) is 3. The maximum Gasteiger partial charge on any atom is 0.0460 e. The predicted octanol–water partition coefficient (Wildman–Crippen LogP) is 2.90. The van der Waals surface area contributed by atoms with Crippen molar-refractivity contribution in [3.63, 3.8) is 0 Å². The van der Waals surface area contributed by atoms with Crippen LogP contribution in [-0.2, 0) is 0 Å². The maximum absolute atomic E-state index is 4.42. The molecular weight excluding hydrogens is 198 g/mol. The van der Waals surface area contributed by atoms with Crippen LogP contribution in [0.2, 0.25) is 0 Å². The van der Waals surface area contributed by atoms with E-state index in [4.69, 9.17) is 0 Å². The highest BCUT2D eigenvalue weighted by Crippen LogP contribution is 2.08. The van der Waals surface area contributed by atoms with Crippen molar-refractivity contribution in [3.8, 4) is 0 Å². The lowest BCUT2D eigenvalue weighted by molar-refractivity contribution is 0.602.